The number of nitrogens with zero attached hydrogens (tertiary/aromatic N) is 2. The number of hydrazine groups is 1. The van der Waals surface area contributed by atoms with E-state index in [0.29, 0.717) is 15.9 Å². The summed E-state index contributed by atoms with van der Waals surface area (Å²) in [4.78, 5) is 25.0. The summed E-state index contributed by atoms with van der Waals surface area (Å²) in [5.74, 6) is -0.453. The van der Waals surface area contributed by atoms with Crippen LogP contribution in [0.5, 0.6) is 0 Å². The van der Waals surface area contributed by atoms with E-state index in [1.165, 1.54) is 4.68 Å². The first kappa shape index (κ1) is 18.9. The summed E-state index contributed by atoms with van der Waals surface area (Å²) < 4.78 is 1.31. The maximum atomic E-state index is 12.5. The van der Waals surface area contributed by atoms with Crippen LogP contribution in [0, 0.1) is 0 Å². The maximum Gasteiger partial charge on any atom is 0.290 e. The molecule has 2 aromatic rings. The van der Waals surface area contributed by atoms with Crippen molar-refractivity contribution in [1.29, 1.82) is 0 Å². The van der Waals surface area contributed by atoms with Gasteiger partial charge >= 0.3 is 0 Å². The van der Waals surface area contributed by atoms with Gasteiger partial charge in [0, 0.05) is 11.9 Å². The van der Waals surface area contributed by atoms with Crippen LogP contribution >= 0.6 is 12.2 Å². The summed E-state index contributed by atoms with van der Waals surface area (Å²) in [6.07, 6.45) is 2.04. The molecule has 25 heavy (non-hydrogen) atoms. The van der Waals surface area contributed by atoms with E-state index in [1.807, 2.05) is 13.8 Å². The van der Waals surface area contributed by atoms with E-state index >= 15 is 0 Å². The number of nitrogens with one attached hydrogen (secondary N) is 3. The zero-order chi connectivity index (χ0) is 18.4. The molecule has 0 fully saturated rings. The van der Waals surface area contributed by atoms with Crippen LogP contribution in [0.2, 0.25) is 0 Å². The van der Waals surface area contributed by atoms with Crippen molar-refractivity contribution in [3.8, 4) is 0 Å². The van der Waals surface area contributed by atoms with E-state index in [0.717, 1.165) is 19.4 Å². The van der Waals surface area contributed by atoms with Crippen molar-refractivity contribution in [3.63, 3.8) is 0 Å². The molecule has 0 aliphatic heterocycles. The fourth-order valence-corrected chi connectivity index (χ4v) is 2.47. The Morgan fingerprint density at radius 1 is 1.24 bits per heavy atom. The first-order valence-corrected chi connectivity index (χ1v) is 8.72. The lowest BCUT2D eigenvalue weighted by Gasteiger charge is -2.14. The van der Waals surface area contributed by atoms with Crippen LogP contribution in [0.15, 0.2) is 29.1 Å². The maximum absolute atomic E-state index is 12.5. The molecule has 8 heteroatoms. The Hall–Kier alpha value is -2.48. The monoisotopic (exact) mass is 361 g/mol. The number of benzene rings is 1. The Morgan fingerprint density at radius 3 is 2.56 bits per heavy atom. The van der Waals surface area contributed by atoms with Gasteiger partial charge in [-0.2, -0.15) is 5.10 Å². The third-order valence-corrected chi connectivity index (χ3v) is 3.88. The SMILES string of the molecule is CCCCNC(=S)NNC(=O)c1nn(C(C)C)c(=O)c2ccccc12. The third-order valence-electron chi connectivity index (χ3n) is 3.64. The quantitative estimate of drug-likeness (QED) is 0.428. The molecule has 2 rings (SSSR count). The van der Waals surface area contributed by atoms with Gasteiger partial charge in [-0.1, -0.05) is 31.5 Å². The number of amides is 1. The van der Waals surface area contributed by atoms with Crippen LogP contribution in [0.3, 0.4) is 0 Å². The second-order valence-corrected chi connectivity index (χ2v) is 6.33. The number of carbonyl (C=O) groups is 1. The van der Waals surface area contributed by atoms with E-state index in [2.05, 4.69) is 28.2 Å². The molecular weight excluding hydrogens is 338 g/mol. The predicted octanol–water partition coefficient (Wildman–Crippen LogP) is 1.89. The molecule has 1 aromatic carbocycles. The number of rotatable bonds is 5. The van der Waals surface area contributed by atoms with E-state index in [9.17, 15) is 9.59 Å². The summed E-state index contributed by atoms with van der Waals surface area (Å²) in [5.41, 5.74) is 5.15. The Morgan fingerprint density at radius 2 is 1.92 bits per heavy atom. The average molecular weight is 361 g/mol. The van der Waals surface area contributed by atoms with Gasteiger partial charge in [-0.15, -0.1) is 0 Å². The third kappa shape index (κ3) is 4.54. The van der Waals surface area contributed by atoms with Gasteiger partial charge < -0.3 is 5.32 Å². The molecule has 134 valence electrons. The van der Waals surface area contributed by atoms with Crippen molar-refractivity contribution in [1.82, 2.24) is 25.9 Å². The fraction of sp³-hybridized carbons (Fsp3) is 0.412. The molecule has 0 aliphatic carbocycles. The van der Waals surface area contributed by atoms with Crippen molar-refractivity contribution in [2.45, 2.75) is 39.7 Å². The standard InChI is InChI=1S/C17H23N5O2S/c1-4-5-10-18-17(25)20-19-15(23)14-12-8-6-7-9-13(12)16(24)22(21-14)11(2)3/h6-9,11H,4-5,10H2,1-3H3,(H,19,23)(H2,18,20,25). The summed E-state index contributed by atoms with van der Waals surface area (Å²) in [5, 5.41) is 8.54. The second kappa shape index (κ2) is 8.57. The molecule has 1 heterocycles. The van der Waals surface area contributed by atoms with Gasteiger partial charge in [0.25, 0.3) is 11.5 Å². The lowest BCUT2D eigenvalue weighted by Crippen LogP contribution is -2.47. The Bertz CT molecular complexity index is 831. The molecule has 1 aromatic heterocycles. The zero-order valence-electron chi connectivity index (χ0n) is 14.6. The van der Waals surface area contributed by atoms with Crippen molar-refractivity contribution < 1.29 is 4.79 Å². The summed E-state index contributed by atoms with van der Waals surface area (Å²) in [6, 6.07) is 6.78. The van der Waals surface area contributed by atoms with E-state index in [-0.39, 0.29) is 17.3 Å². The Balaban J connectivity index is 2.24. The van der Waals surface area contributed by atoms with Crippen LogP contribution in [-0.4, -0.2) is 27.3 Å². The molecule has 0 saturated heterocycles. The molecule has 0 spiro atoms. The smallest absolute Gasteiger partial charge is 0.290 e. The minimum atomic E-state index is -0.453. The predicted molar refractivity (Wildman–Crippen MR) is 102 cm³/mol. The molecule has 0 radical (unpaired) electrons. The number of hydrogen-bond donors (Lipinski definition) is 3. The van der Waals surface area contributed by atoms with Gasteiger partial charge in [0.1, 0.15) is 0 Å². The number of fused-ring (bicyclic) bond motifs is 1. The largest absolute Gasteiger partial charge is 0.361 e. The number of thiocarbonyl (C=S) groups is 1. The summed E-state index contributed by atoms with van der Waals surface area (Å²) in [6.45, 7) is 6.50. The molecule has 0 saturated carbocycles. The van der Waals surface area contributed by atoms with Gasteiger partial charge in [-0.25, -0.2) is 4.68 Å². The van der Waals surface area contributed by atoms with E-state index in [1.54, 1.807) is 24.3 Å². The van der Waals surface area contributed by atoms with Crippen molar-refractivity contribution in [2.75, 3.05) is 6.54 Å². The molecule has 3 N–H and O–H groups in total. The Labute approximate surface area is 151 Å². The van der Waals surface area contributed by atoms with Crippen LogP contribution in [-0.2, 0) is 0 Å². The fourth-order valence-electron chi connectivity index (χ4n) is 2.32. The highest BCUT2D eigenvalue weighted by molar-refractivity contribution is 7.80. The molecule has 0 atom stereocenters. The normalized spacial score (nSPS) is 10.7. The second-order valence-electron chi connectivity index (χ2n) is 5.93. The minimum Gasteiger partial charge on any atom is -0.361 e. The highest BCUT2D eigenvalue weighted by Gasteiger charge is 2.17. The molecule has 0 bridgehead atoms. The van der Waals surface area contributed by atoms with E-state index < -0.39 is 5.91 Å². The lowest BCUT2D eigenvalue weighted by molar-refractivity contribution is 0.0938. The zero-order valence-corrected chi connectivity index (χ0v) is 15.4. The summed E-state index contributed by atoms with van der Waals surface area (Å²) >= 11 is 5.11. The van der Waals surface area contributed by atoms with Gasteiger partial charge in [-0.05, 0) is 38.6 Å². The molecule has 0 aliphatic rings. The lowest BCUT2D eigenvalue weighted by atomic mass is 10.1. The van der Waals surface area contributed by atoms with Crippen molar-refractivity contribution >= 4 is 34.0 Å². The van der Waals surface area contributed by atoms with Crippen LogP contribution < -0.4 is 21.7 Å². The van der Waals surface area contributed by atoms with Crippen LogP contribution in [0.1, 0.15) is 50.1 Å². The van der Waals surface area contributed by atoms with Crippen LogP contribution in [0.25, 0.3) is 10.8 Å². The topological polar surface area (TPSA) is 88.0 Å². The molecular formula is C17H23N5O2S. The molecule has 7 nitrogen and oxygen atoms in total. The van der Waals surface area contributed by atoms with Crippen molar-refractivity contribution in [3.05, 3.63) is 40.3 Å². The van der Waals surface area contributed by atoms with Crippen molar-refractivity contribution in [2.24, 2.45) is 0 Å². The van der Waals surface area contributed by atoms with Gasteiger partial charge in [-0.3, -0.25) is 20.4 Å². The number of aromatic nitrogens is 2. The summed E-state index contributed by atoms with van der Waals surface area (Å²) in [7, 11) is 0. The highest BCUT2D eigenvalue weighted by atomic mass is 32.1. The first-order chi connectivity index (χ1) is 12.0. The molecule has 1 amide bonds. The average Bonchev–Trinajstić information content (AvgIpc) is 2.60. The van der Waals surface area contributed by atoms with E-state index in [4.69, 9.17) is 12.2 Å². The minimum absolute atomic E-state index is 0.159. The van der Waals surface area contributed by atoms with Crippen LogP contribution in [0.4, 0.5) is 0 Å². The van der Waals surface area contributed by atoms with Gasteiger partial charge in [0.05, 0.1) is 11.4 Å². The van der Waals surface area contributed by atoms with Gasteiger partial charge in [0.2, 0.25) is 0 Å². The van der Waals surface area contributed by atoms with Gasteiger partial charge in [0.15, 0.2) is 10.8 Å². The number of carbonyl (C=O) groups excluding carboxylic acids is 1. The number of unbranched alkanes of at least 4 members (excludes halogenated alkanes) is 1. The first-order valence-electron chi connectivity index (χ1n) is 8.31. The molecule has 0 unspecified atom stereocenters. The number of hydrogen-bond acceptors (Lipinski definition) is 4. The Kier molecular flexibility index (Phi) is 6.46. The highest BCUT2D eigenvalue weighted by Crippen LogP contribution is 2.14.